The molecule has 0 amide bonds. The maximum Gasteiger partial charge on any atom is 0.163 e. The van der Waals surface area contributed by atoms with Crippen LogP contribution in [-0.2, 0) is 0 Å². The van der Waals surface area contributed by atoms with Crippen LogP contribution in [0.3, 0.4) is 0 Å². The molecule has 1 nitrogen and oxygen atoms in total. The molecule has 0 aliphatic heterocycles. The number of halogens is 2. The van der Waals surface area contributed by atoms with Crippen molar-refractivity contribution in [2.45, 2.75) is 33.1 Å². The Bertz CT molecular complexity index is 365. The SMILES string of the molecule is Cc1cc(Br)cc(C)c1C(=O)CCCCCl. The van der Waals surface area contributed by atoms with E-state index in [4.69, 9.17) is 11.6 Å². The van der Waals surface area contributed by atoms with Gasteiger partial charge < -0.3 is 0 Å². The lowest BCUT2D eigenvalue weighted by atomic mass is 9.96. The quantitative estimate of drug-likeness (QED) is 0.439. The summed E-state index contributed by atoms with van der Waals surface area (Å²) in [7, 11) is 0. The largest absolute Gasteiger partial charge is 0.294 e. The first-order chi connectivity index (χ1) is 7.56. The van der Waals surface area contributed by atoms with Crippen molar-refractivity contribution in [2.75, 3.05) is 5.88 Å². The first kappa shape index (κ1) is 13.7. The van der Waals surface area contributed by atoms with E-state index in [1.54, 1.807) is 0 Å². The molecule has 0 aliphatic rings. The highest BCUT2D eigenvalue weighted by molar-refractivity contribution is 9.10. The summed E-state index contributed by atoms with van der Waals surface area (Å²) in [6.07, 6.45) is 2.37. The topological polar surface area (TPSA) is 17.1 Å². The molecule has 16 heavy (non-hydrogen) atoms. The van der Waals surface area contributed by atoms with Crippen molar-refractivity contribution in [1.29, 1.82) is 0 Å². The Morgan fingerprint density at radius 1 is 1.25 bits per heavy atom. The molecule has 0 heterocycles. The molecule has 1 rings (SSSR count). The molecule has 0 atom stereocenters. The molecule has 0 bridgehead atoms. The lowest BCUT2D eigenvalue weighted by Gasteiger charge is -2.09. The summed E-state index contributed by atoms with van der Waals surface area (Å²) in [4.78, 5) is 12.0. The second-order valence-corrected chi connectivity index (χ2v) is 5.28. The number of Topliss-reactive ketones (excluding diaryl/α,β-unsaturated/α-hetero) is 1. The van der Waals surface area contributed by atoms with Crippen LogP contribution in [0.4, 0.5) is 0 Å². The highest BCUT2D eigenvalue weighted by atomic mass is 79.9. The number of rotatable bonds is 5. The van der Waals surface area contributed by atoms with E-state index in [9.17, 15) is 4.79 Å². The fourth-order valence-electron chi connectivity index (χ4n) is 1.86. The van der Waals surface area contributed by atoms with Crippen LogP contribution < -0.4 is 0 Å². The van der Waals surface area contributed by atoms with Gasteiger partial charge in [0.05, 0.1) is 0 Å². The molecule has 1 aromatic rings. The zero-order chi connectivity index (χ0) is 12.1. The second-order valence-electron chi connectivity index (χ2n) is 3.98. The van der Waals surface area contributed by atoms with Gasteiger partial charge in [-0.3, -0.25) is 4.79 Å². The third kappa shape index (κ3) is 3.60. The van der Waals surface area contributed by atoms with Crippen molar-refractivity contribution < 1.29 is 4.79 Å². The summed E-state index contributed by atoms with van der Waals surface area (Å²) in [6, 6.07) is 3.98. The van der Waals surface area contributed by atoms with Crippen LogP contribution in [0, 0.1) is 13.8 Å². The minimum atomic E-state index is 0.229. The van der Waals surface area contributed by atoms with Crippen molar-refractivity contribution in [1.82, 2.24) is 0 Å². The van der Waals surface area contributed by atoms with Crippen LogP contribution in [0.15, 0.2) is 16.6 Å². The van der Waals surface area contributed by atoms with E-state index in [1.165, 1.54) is 0 Å². The van der Waals surface area contributed by atoms with Crippen LogP contribution in [0.25, 0.3) is 0 Å². The number of ketones is 1. The number of hydrogen-bond donors (Lipinski definition) is 0. The summed E-state index contributed by atoms with van der Waals surface area (Å²) in [5.74, 6) is 0.860. The van der Waals surface area contributed by atoms with Gasteiger partial charge in [0.25, 0.3) is 0 Å². The normalized spacial score (nSPS) is 10.5. The zero-order valence-electron chi connectivity index (χ0n) is 9.65. The number of carbonyl (C=O) groups is 1. The van der Waals surface area contributed by atoms with Crippen molar-refractivity contribution >= 4 is 33.3 Å². The number of hydrogen-bond acceptors (Lipinski definition) is 1. The van der Waals surface area contributed by atoms with Crippen molar-refractivity contribution in [3.05, 3.63) is 33.3 Å². The molecule has 0 saturated heterocycles. The van der Waals surface area contributed by atoms with E-state index in [1.807, 2.05) is 26.0 Å². The van der Waals surface area contributed by atoms with Gasteiger partial charge in [-0.2, -0.15) is 0 Å². The van der Waals surface area contributed by atoms with E-state index >= 15 is 0 Å². The van der Waals surface area contributed by atoms with Gasteiger partial charge in [0.2, 0.25) is 0 Å². The Balaban J connectivity index is 2.83. The third-order valence-electron chi connectivity index (χ3n) is 2.56. The van der Waals surface area contributed by atoms with Crippen LogP contribution in [0.5, 0.6) is 0 Å². The molecule has 0 aromatic heterocycles. The van der Waals surface area contributed by atoms with E-state index in [0.29, 0.717) is 12.3 Å². The Morgan fingerprint density at radius 3 is 2.31 bits per heavy atom. The molecule has 0 N–H and O–H groups in total. The van der Waals surface area contributed by atoms with E-state index in [0.717, 1.165) is 34.0 Å². The molecule has 0 spiro atoms. The summed E-state index contributed by atoms with van der Waals surface area (Å²) in [5.41, 5.74) is 2.96. The highest BCUT2D eigenvalue weighted by Gasteiger charge is 2.12. The van der Waals surface area contributed by atoms with Crippen LogP contribution in [-0.4, -0.2) is 11.7 Å². The average Bonchev–Trinajstić information content (AvgIpc) is 2.16. The maximum atomic E-state index is 12.0. The highest BCUT2D eigenvalue weighted by Crippen LogP contribution is 2.22. The van der Waals surface area contributed by atoms with Crippen molar-refractivity contribution in [3.63, 3.8) is 0 Å². The molecule has 0 saturated carbocycles. The van der Waals surface area contributed by atoms with Gasteiger partial charge in [0.1, 0.15) is 0 Å². The van der Waals surface area contributed by atoms with Crippen LogP contribution in [0.1, 0.15) is 40.7 Å². The van der Waals surface area contributed by atoms with Crippen LogP contribution in [0.2, 0.25) is 0 Å². The Labute approximate surface area is 110 Å². The smallest absolute Gasteiger partial charge is 0.163 e. The fraction of sp³-hybridized carbons (Fsp3) is 0.462. The van der Waals surface area contributed by atoms with E-state index in [2.05, 4.69) is 15.9 Å². The van der Waals surface area contributed by atoms with Gasteiger partial charge in [0.15, 0.2) is 5.78 Å². The summed E-state index contributed by atoms with van der Waals surface area (Å²) in [5, 5.41) is 0. The lowest BCUT2D eigenvalue weighted by molar-refractivity contribution is 0.0978. The maximum absolute atomic E-state index is 12.0. The van der Waals surface area contributed by atoms with Crippen molar-refractivity contribution in [2.24, 2.45) is 0 Å². The Kier molecular flexibility index (Phi) is 5.50. The molecule has 0 aliphatic carbocycles. The predicted molar refractivity (Wildman–Crippen MR) is 72.5 cm³/mol. The summed E-state index contributed by atoms with van der Waals surface area (Å²) in [6.45, 7) is 3.96. The standard InChI is InChI=1S/C13H16BrClO/c1-9-7-11(14)8-10(2)13(9)12(16)5-3-4-6-15/h7-8H,3-6H2,1-2H3. The van der Waals surface area contributed by atoms with Gasteiger partial charge in [-0.1, -0.05) is 15.9 Å². The van der Waals surface area contributed by atoms with Gasteiger partial charge in [-0.15, -0.1) is 11.6 Å². The fourth-order valence-corrected chi connectivity index (χ4v) is 2.73. The molecule has 88 valence electrons. The monoisotopic (exact) mass is 302 g/mol. The number of aryl methyl sites for hydroxylation is 2. The zero-order valence-corrected chi connectivity index (χ0v) is 12.0. The third-order valence-corrected chi connectivity index (χ3v) is 3.29. The van der Waals surface area contributed by atoms with E-state index in [-0.39, 0.29) is 5.78 Å². The molecule has 3 heteroatoms. The molecule has 0 fully saturated rings. The first-order valence-electron chi connectivity index (χ1n) is 5.42. The minimum Gasteiger partial charge on any atom is -0.294 e. The Morgan fingerprint density at radius 2 is 1.81 bits per heavy atom. The van der Waals surface area contributed by atoms with E-state index < -0.39 is 0 Å². The van der Waals surface area contributed by atoms with Crippen LogP contribution >= 0.6 is 27.5 Å². The number of benzene rings is 1. The molecular weight excluding hydrogens is 287 g/mol. The van der Waals surface area contributed by atoms with Gasteiger partial charge >= 0.3 is 0 Å². The summed E-state index contributed by atoms with van der Waals surface area (Å²) >= 11 is 9.03. The number of unbranched alkanes of at least 4 members (excludes halogenated alkanes) is 1. The second kappa shape index (κ2) is 6.41. The summed E-state index contributed by atoms with van der Waals surface area (Å²) < 4.78 is 1.03. The molecular formula is C13H16BrClO. The predicted octanol–water partition coefficient (Wildman–Crippen LogP) is 4.66. The molecule has 0 radical (unpaired) electrons. The number of alkyl halides is 1. The van der Waals surface area contributed by atoms with Crippen molar-refractivity contribution in [3.8, 4) is 0 Å². The van der Waals surface area contributed by atoms with Gasteiger partial charge in [-0.05, 0) is 49.9 Å². The molecule has 1 aromatic carbocycles. The minimum absolute atomic E-state index is 0.229. The average molecular weight is 304 g/mol. The Hall–Kier alpha value is -0.340. The number of carbonyl (C=O) groups excluding carboxylic acids is 1. The first-order valence-corrected chi connectivity index (χ1v) is 6.75. The van der Waals surface area contributed by atoms with Gasteiger partial charge in [0, 0.05) is 22.3 Å². The lowest BCUT2D eigenvalue weighted by Crippen LogP contribution is -2.04. The molecule has 0 unspecified atom stereocenters. The van der Waals surface area contributed by atoms with Gasteiger partial charge in [-0.25, -0.2) is 0 Å².